The van der Waals surface area contributed by atoms with Gasteiger partial charge in [-0.25, -0.2) is 0 Å². The van der Waals surface area contributed by atoms with Crippen LogP contribution in [0.5, 0.6) is 0 Å². The van der Waals surface area contributed by atoms with Crippen molar-refractivity contribution < 1.29 is 9.21 Å². The van der Waals surface area contributed by atoms with Crippen molar-refractivity contribution in [2.24, 2.45) is 5.92 Å². The van der Waals surface area contributed by atoms with Crippen LogP contribution in [-0.4, -0.2) is 22.7 Å². The van der Waals surface area contributed by atoms with Crippen molar-refractivity contribution in [1.29, 1.82) is 0 Å². The summed E-state index contributed by atoms with van der Waals surface area (Å²) in [4.78, 5) is 13.4. The molecule has 0 spiro atoms. The van der Waals surface area contributed by atoms with Gasteiger partial charge in [0.2, 0.25) is 5.91 Å². The lowest BCUT2D eigenvalue weighted by atomic mass is 10.1. The standard InChI is InChI=1S/C11H16BrNO2/c1-8(2)10(12)11(14)13(3)7-9-5-4-6-15-9/h4-6,8,10H,7H2,1-3H3. The fourth-order valence-corrected chi connectivity index (χ4v) is 1.56. The highest BCUT2D eigenvalue weighted by Crippen LogP contribution is 2.15. The molecule has 1 aromatic heterocycles. The molecular formula is C11H16BrNO2. The van der Waals surface area contributed by atoms with Crippen molar-refractivity contribution in [2.45, 2.75) is 25.2 Å². The van der Waals surface area contributed by atoms with Crippen molar-refractivity contribution in [2.75, 3.05) is 7.05 Å². The molecule has 0 bridgehead atoms. The number of alkyl halides is 1. The number of furan rings is 1. The number of rotatable bonds is 4. The van der Waals surface area contributed by atoms with Crippen LogP contribution in [0.2, 0.25) is 0 Å². The predicted octanol–water partition coefficient (Wildman–Crippen LogP) is 2.66. The van der Waals surface area contributed by atoms with Crippen LogP contribution in [0.3, 0.4) is 0 Å². The van der Waals surface area contributed by atoms with Gasteiger partial charge in [-0.15, -0.1) is 0 Å². The number of halogens is 1. The van der Waals surface area contributed by atoms with E-state index in [-0.39, 0.29) is 16.7 Å². The first-order valence-electron chi connectivity index (χ1n) is 4.93. The van der Waals surface area contributed by atoms with E-state index in [1.807, 2.05) is 26.0 Å². The van der Waals surface area contributed by atoms with Gasteiger partial charge in [-0.05, 0) is 18.1 Å². The summed E-state index contributed by atoms with van der Waals surface area (Å²) in [5, 5.41) is 0. The number of carbonyl (C=O) groups excluding carboxylic acids is 1. The summed E-state index contributed by atoms with van der Waals surface area (Å²) in [5.41, 5.74) is 0. The number of nitrogens with zero attached hydrogens (tertiary/aromatic N) is 1. The smallest absolute Gasteiger partial charge is 0.236 e. The molecule has 0 N–H and O–H groups in total. The largest absolute Gasteiger partial charge is 0.467 e. The number of hydrogen-bond acceptors (Lipinski definition) is 2. The third-order valence-corrected chi connectivity index (χ3v) is 3.62. The summed E-state index contributed by atoms with van der Waals surface area (Å²) in [6.45, 7) is 4.54. The zero-order chi connectivity index (χ0) is 11.4. The molecule has 1 atom stereocenters. The molecule has 0 aliphatic rings. The van der Waals surface area contributed by atoms with Gasteiger partial charge in [-0.1, -0.05) is 29.8 Å². The number of hydrogen-bond donors (Lipinski definition) is 0. The third kappa shape index (κ3) is 3.38. The zero-order valence-electron chi connectivity index (χ0n) is 9.24. The zero-order valence-corrected chi connectivity index (χ0v) is 10.8. The summed E-state index contributed by atoms with van der Waals surface area (Å²) in [7, 11) is 1.78. The number of amides is 1. The van der Waals surface area contributed by atoms with Crippen molar-refractivity contribution >= 4 is 21.8 Å². The van der Waals surface area contributed by atoms with Crippen molar-refractivity contribution in [3.63, 3.8) is 0 Å². The minimum Gasteiger partial charge on any atom is -0.467 e. The van der Waals surface area contributed by atoms with E-state index in [0.717, 1.165) is 5.76 Å². The highest BCUT2D eigenvalue weighted by atomic mass is 79.9. The van der Waals surface area contributed by atoms with Crippen molar-refractivity contribution in [3.8, 4) is 0 Å². The Morgan fingerprint density at radius 1 is 1.60 bits per heavy atom. The molecule has 1 unspecified atom stereocenters. The monoisotopic (exact) mass is 273 g/mol. The maximum absolute atomic E-state index is 11.8. The Hall–Kier alpha value is -0.770. The minimum absolute atomic E-state index is 0.0846. The van der Waals surface area contributed by atoms with Gasteiger partial charge < -0.3 is 9.32 Å². The van der Waals surface area contributed by atoms with Gasteiger partial charge in [-0.2, -0.15) is 0 Å². The Balaban J connectivity index is 2.54. The molecule has 0 saturated heterocycles. The van der Waals surface area contributed by atoms with E-state index in [1.165, 1.54) is 0 Å². The lowest BCUT2D eigenvalue weighted by Crippen LogP contribution is -2.35. The summed E-state index contributed by atoms with van der Waals surface area (Å²) >= 11 is 3.39. The molecule has 1 rings (SSSR count). The average molecular weight is 274 g/mol. The van der Waals surface area contributed by atoms with Gasteiger partial charge >= 0.3 is 0 Å². The van der Waals surface area contributed by atoms with Crippen LogP contribution in [0.25, 0.3) is 0 Å². The Labute approximate surface area is 98.6 Å². The lowest BCUT2D eigenvalue weighted by Gasteiger charge is -2.21. The van der Waals surface area contributed by atoms with E-state index in [4.69, 9.17) is 4.42 Å². The molecule has 0 radical (unpaired) electrons. The topological polar surface area (TPSA) is 33.5 Å². The van der Waals surface area contributed by atoms with Crippen LogP contribution in [0.15, 0.2) is 22.8 Å². The lowest BCUT2D eigenvalue weighted by molar-refractivity contribution is -0.130. The van der Waals surface area contributed by atoms with E-state index < -0.39 is 0 Å². The molecule has 0 fully saturated rings. The second kappa shape index (κ2) is 5.35. The molecule has 15 heavy (non-hydrogen) atoms. The van der Waals surface area contributed by atoms with E-state index in [1.54, 1.807) is 18.2 Å². The molecule has 4 heteroatoms. The Morgan fingerprint density at radius 2 is 2.27 bits per heavy atom. The molecular weight excluding hydrogens is 258 g/mol. The van der Waals surface area contributed by atoms with Gasteiger partial charge in [0, 0.05) is 7.05 Å². The molecule has 1 amide bonds. The quantitative estimate of drug-likeness (QED) is 0.791. The summed E-state index contributed by atoms with van der Waals surface area (Å²) in [6, 6.07) is 3.68. The summed E-state index contributed by atoms with van der Waals surface area (Å²) < 4.78 is 5.19. The molecule has 0 saturated carbocycles. The van der Waals surface area contributed by atoms with Crippen molar-refractivity contribution in [1.82, 2.24) is 4.90 Å². The summed E-state index contributed by atoms with van der Waals surface area (Å²) in [5.74, 6) is 1.17. The average Bonchev–Trinajstić information content (AvgIpc) is 2.67. The molecule has 0 aromatic carbocycles. The maximum atomic E-state index is 11.8. The van der Waals surface area contributed by atoms with Crippen LogP contribution in [0.1, 0.15) is 19.6 Å². The van der Waals surface area contributed by atoms with E-state index in [0.29, 0.717) is 6.54 Å². The van der Waals surface area contributed by atoms with Gasteiger partial charge in [-0.3, -0.25) is 4.79 Å². The van der Waals surface area contributed by atoms with Crippen LogP contribution < -0.4 is 0 Å². The first-order valence-corrected chi connectivity index (χ1v) is 5.85. The van der Waals surface area contributed by atoms with Gasteiger partial charge in [0.15, 0.2) is 0 Å². The first kappa shape index (κ1) is 12.3. The minimum atomic E-state index is -0.127. The second-order valence-electron chi connectivity index (χ2n) is 3.92. The fourth-order valence-electron chi connectivity index (χ4n) is 1.21. The van der Waals surface area contributed by atoms with Crippen LogP contribution in [0, 0.1) is 5.92 Å². The molecule has 1 heterocycles. The molecule has 3 nitrogen and oxygen atoms in total. The Morgan fingerprint density at radius 3 is 2.73 bits per heavy atom. The summed E-state index contributed by atoms with van der Waals surface area (Å²) in [6.07, 6.45) is 1.61. The Bertz CT molecular complexity index is 308. The highest BCUT2D eigenvalue weighted by Gasteiger charge is 2.22. The van der Waals surface area contributed by atoms with Crippen LogP contribution >= 0.6 is 15.9 Å². The predicted molar refractivity (Wildman–Crippen MR) is 62.7 cm³/mol. The SMILES string of the molecule is CC(C)C(Br)C(=O)N(C)Cc1ccco1. The van der Waals surface area contributed by atoms with Gasteiger partial charge in [0.1, 0.15) is 5.76 Å². The van der Waals surface area contributed by atoms with Crippen molar-refractivity contribution in [3.05, 3.63) is 24.2 Å². The first-order chi connectivity index (χ1) is 7.02. The van der Waals surface area contributed by atoms with E-state index in [9.17, 15) is 4.79 Å². The Kier molecular flexibility index (Phi) is 4.39. The highest BCUT2D eigenvalue weighted by molar-refractivity contribution is 9.10. The van der Waals surface area contributed by atoms with Crippen LogP contribution in [0.4, 0.5) is 0 Å². The third-order valence-electron chi connectivity index (χ3n) is 2.17. The van der Waals surface area contributed by atoms with Gasteiger partial charge in [0.25, 0.3) is 0 Å². The maximum Gasteiger partial charge on any atom is 0.236 e. The molecule has 0 aliphatic heterocycles. The second-order valence-corrected chi connectivity index (χ2v) is 4.91. The number of carbonyl (C=O) groups is 1. The van der Waals surface area contributed by atoms with E-state index in [2.05, 4.69) is 15.9 Å². The van der Waals surface area contributed by atoms with Crippen LogP contribution in [-0.2, 0) is 11.3 Å². The van der Waals surface area contributed by atoms with Gasteiger partial charge in [0.05, 0.1) is 17.6 Å². The molecule has 1 aromatic rings. The molecule has 0 aliphatic carbocycles. The normalized spacial score (nSPS) is 12.9. The van der Waals surface area contributed by atoms with E-state index >= 15 is 0 Å². The fraction of sp³-hybridized carbons (Fsp3) is 0.545. The molecule has 84 valence electrons.